The summed E-state index contributed by atoms with van der Waals surface area (Å²) in [6.45, 7) is 0.101. The summed E-state index contributed by atoms with van der Waals surface area (Å²) in [5, 5.41) is 2.50. The maximum atomic E-state index is 12.4. The molecule has 1 N–H and O–H groups in total. The fraction of sp³-hybridized carbons (Fsp3) is 0.462. The standard InChI is InChI=1S/C13H15F3N2O3S/c14-13(15,16)11-4-2-10(3-5-11)8-17-12(19)9-18-6-1-7-22(18,20)21/h2-5H,1,6-9H2,(H,17,19). The highest BCUT2D eigenvalue weighted by Crippen LogP contribution is 2.29. The highest BCUT2D eigenvalue weighted by atomic mass is 32.2. The van der Waals surface area contributed by atoms with E-state index in [4.69, 9.17) is 0 Å². The zero-order valence-electron chi connectivity index (χ0n) is 11.6. The molecule has 122 valence electrons. The molecule has 0 aliphatic carbocycles. The number of halogens is 3. The summed E-state index contributed by atoms with van der Waals surface area (Å²) in [7, 11) is -3.34. The Hall–Kier alpha value is -1.61. The first-order valence-electron chi connectivity index (χ1n) is 6.59. The topological polar surface area (TPSA) is 66.5 Å². The average molecular weight is 336 g/mol. The predicted octanol–water partition coefficient (Wildman–Crippen LogP) is 1.36. The van der Waals surface area contributed by atoms with Gasteiger partial charge in [-0.3, -0.25) is 4.79 Å². The van der Waals surface area contributed by atoms with Crippen molar-refractivity contribution in [3.63, 3.8) is 0 Å². The van der Waals surface area contributed by atoms with Crippen LogP contribution in [0.5, 0.6) is 0 Å². The molecule has 1 aromatic carbocycles. The minimum atomic E-state index is -4.40. The van der Waals surface area contributed by atoms with Crippen molar-refractivity contribution in [3.05, 3.63) is 35.4 Å². The van der Waals surface area contributed by atoms with E-state index in [1.165, 1.54) is 12.1 Å². The number of sulfonamides is 1. The third-order valence-electron chi connectivity index (χ3n) is 3.29. The van der Waals surface area contributed by atoms with Gasteiger partial charge in [-0.05, 0) is 24.1 Å². The van der Waals surface area contributed by atoms with Crippen LogP contribution < -0.4 is 5.32 Å². The van der Waals surface area contributed by atoms with E-state index >= 15 is 0 Å². The van der Waals surface area contributed by atoms with Gasteiger partial charge in [0, 0.05) is 13.1 Å². The van der Waals surface area contributed by atoms with Gasteiger partial charge in [-0.25, -0.2) is 8.42 Å². The van der Waals surface area contributed by atoms with Crippen LogP contribution in [-0.2, 0) is 27.5 Å². The van der Waals surface area contributed by atoms with Gasteiger partial charge < -0.3 is 5.32 Å². The van der Waals surface area contributed by atoms with Crippen LogP contribution in [0, 0.1) is 0 Å². The lowest BCUT2D eigenvalue weighted by atomic mass is 10.1. The van der Waals surface area contributed by atoms with Gasteiger partial charge in [0.25, 0.3) is 0 Å². The highest BCUT2D eigenvalue weighted by Gasteiger charge is 2.30. The quantitative estimate of drug-likeness (QED) is 0.903. The molecule has 1 amide bonds. The van der Waals surface area contributed by atoms with Crippen LogP contribution >= 0.6 is 0 Å². The van der Waals surface area contributed by atoms with Gasteiger partial charge in [-0.15, -0.1) is 0 Å². The molecule has 22 heavy (non-hydrogen) atoms. The molecule has 5 nitrogen and oxygen atoms in total. The summed E-state index contributed by atoms with van der Waals surface area (Å²) in [4.78, 5) is 11.7. The van der Waals surface area contributed by atoms with Gasteiger partial charge in [-0.1, -0.05) is 12.1 Å². The Bertz CT molecular complexity index is 641. The van der Waals surface area contributed by atoms with Crippen LogP contribution in [0.1, 0.15) is 17.5 Å². The molecule has 0 unspecified atom stereocenters. The minimum Gasteiger partial charge on any atom is -0.351 e. The van der Waals surface area contributed by atoms with Gasteiger partial charge in [0.1, 0.15) is 0 Å². The van der Waals surface area contributed by atoms with Crippen molar-refractivity contribution in [1.82, 2.24) is 9.62 Å². The second-order valence-corrected chi connectivity index (χ2v) is 7.06. The zero-order chi connectivity index (χ0) is 16.4. The van der Waals surface area contributed by atoms with Crippen molar-refractivity contribution in [2.24, 2.45) is 0 Å². The third kappa shape index (κ3) is 4.20. The Morgan fingerprint density at radius 3 is 2.36 bits per heavy atom. The van der Waals surface area contributed by atoms with Crippen LogP contribution in [0.3, 0.4) is 0 Å². The molecule has 0 radical (unpaired) electrons. The van der Waals surface area contributed by atoms with E-state index in [-0.39, 0.29) is 18.8 Å². The first kappa shape index (κ1) is 16.8. The van der Waals surface area contributed by atoms with E-state index in [0.717, 1.165) is 16.4 Å². The molecular formula is C13H15F3N2O3S. The van der Waals surface area contributed by atoms with Crippen LogP contribution in [-0.4, -0.2) is 37.5 Å². The summed E-state index contributed by atoms with van der Waals surface area (Å²) >= 11 is 0. The molecular weight excluding hydrogens is 321 g/mol. The highest BCUT2D eigenvalue weighted by molar-refractivity contribution is 7.89. The summed E-state index contributed by atoms with van der Waals surface area (Å²) in [6.07, 6.45) is -3.90. The van der Waals surface area contributed by atoms with Crippen molar-refractivity contribution >= 4 is 15.9 Å². The zero-order valence-corrected chi connectivity index (χ0v) is 12.4. The van der Waals surface area contributed by atoms with Crippen molar-refractivity contribution in [2.45, 2.75) is 19.1 Å². The van der Waals surface area contributed by atoms with Crippen molar-refractivity contribution < 1.29 is 26.4 Å². The molecule has 0 atom stereocenters. The first-order valence-corrected chi connectivity index (χ1v) is 8.20. The second-order valence-electron chi connectivity index (χ2n) is 4.97. The number of carbonyl (C=O) groups is 1. The van der Waals surface area contributed by atoms with Crippen LogP contribution in [0.2, 0.25) is 0 Å². The van der Waals surface area contributed by atoms with E-state index in [1.54, 1.807) is 0 Å². The Morgan fingerprint density at radius 2 is 1.86 bits per heavy atom. The number of hydrogen-bond donors (Lipinski definition) is 1. The normalized spacial score (nSPS) is 18.3. The average Bonchev–Trinajstić information content (AvgIpc) is 2.75. The molecule has 1 heterocycles. The fourth-order valence-corrected chi connectivity index (χ4v) is 3.57. The maximum absolute atomic E-state index is 12.4. The summed E-state index contributed by atoms with van der Waals surface area (Å²) in [5.74, 6) is -0.440. The van der Waals surface area contributed by atoms with Gasteiger partial charge in [0.15, 0.2) is 0 Å². The minimum absolute atomic E-state index is 0.0409. The molecule has 0 aromatic heterocycles. The van der Waals surface area contributed by atoms with E-state index in [0.29, 0.717) is 18.5 Å². The molecule has 1 aliphatic heterocycles. The third-order valence-corrected chi connectivity index (χ3v) is 5.20. The van der Waals surface area contributed by atoms with Gasteiger partial charge in [0.2, 0.25) is 15.9 Å². The molecule has 9 heteroatoms. The lowest BCUT2D eigenvalue weighted by molar-refractivity contribution is -0.137. The molecule has 0 bridgehead atoms. The lowest BCUT2D eigenvalue weighted by Gasteiger charge is -2.14. The van der Waals surface area contributed by atoms with Crippen LogP contribution in [0.15, 0.2) is 24.3 Å². The summed E-state index contributed by atoms with van der Waals surface area (Å²) in [5.41, 5.74) is -0.253. The van der Waals surface area contributed by atoms with Crippen LogP contribution in [0.25, 0.3) is 0 Å². The molecule has 1 aromatic rings. The van der Waals surface area contributed by atoms with E-state index in [9.17, 15) is 26.4 Å². The number of carbonyl (C=O) groups excluding carboxylic acids is 1. The number of nitrogens with one attached hydrogen (secondary N) is 1. The lowest BCUT2D eigenvalue weighted by Crippen LogP contribution is -2.37. The second kappa shape index (κ2) is 6.25. The number of benzene rings is 1. The first-order chi connectivity index (χ1) is 10.2. The van der Waals surface area contributed by atoms with Crippen molar-refractivity contribution in [1.29, 1.82) is 0 Å². The van der Waals surface area contributed by atoms with Gasteiger partial charge in [-0.2, -0.15) is 17.5 Å². The number of nitrogens with zero attached hydrogens (tertiary/aromatic N) is 1. The molecule has 2 rings (SSSR count). The Balaban J connectivity index is 1.86. The van der Waals surface area contributed by atoms with Gasteiger partial charge >= 0.3 is 6.18 Å². The summed E-state index contributed by atoms with van der Waals surface area (Å²) in [6, 6.07) is 4.42. The SMILES string of the molecule is O=C(CN1CCCS1(=O)=O)NCc1ccc(C(F)(F)F)cc1. The van der Waals surface area contributed by atoms with E-state index in [1.807, 2.05) is 0 Å². The molecule has 1 fully saturated rings. The largest absolute Gasteiger partial charge is 0.416 e. The van der Waals surface area contributed by atoms with E-state index < -0.39 is 27.7 Å². The number of hydrogen-bond acceptors (Lipinski definition) is 3. The van der Waals surface area contributed by atoms with Crippen LogP contribution in [0.4, 0.5) is 13.2 Å². The van der Waals surface area contributed by atoms with Crippen molar-refractivity contribution in [2.75, 3.05) is 18.8 Å². The number of alkyl halides is 3. The molecule has 0 spiro atoms. The summed E-state index contributed by atoms with van der Waals surface area (Å²) < 4.78 is 61.4. The molecule has 1 aliphatic rings. The molecule has 0 saturated carbocycles. The van der Waals surface area contributed by atoms with Crippen molar-refractivity contribution in [3.8, 4) is 0 Å². The monoisotopic (exact) mass is 336 g/mol. The predicted molar refractivity (Wildman–Crippen MR) is 73.3 cm³/mol. The smallest absolute Gasteiger partial charge is 0.351 e. The van der Waals surface area contributed by atoms with Gasteiger partial charge in [0.05, 0.1) is 17.9 Å². The van der Waals surface area contributed by atoms with E-state index in [2.05, 4.69) is 5.32 Å². The number of rotatable bonds is 4. The Kier molecular flexibility index (Phi) is 4.76. The number of amides is 1. The maximum Gasteiger partial charge on any atom is 0.416 e. The fourth-order valence-electron chi connectivity index (χ4n) is 2.10. The Morgan fingerprint density at radius 1 is 1.23 bits per heavy atom. The molecule has 1 saturated heterocycles. The Labute approximate surface area is 126 Å².